The number of hydrogen-bond acceptors (Lipinski definition) is 4. The quantitative estimate of drug-likeness (QED) is 0.609. The van der Waals surface area contributed by atoms with Gasteiger partial charge in [-0.2, -0.15) is 0 Å². The van der Waals surface area contributed by atoms with Crippen LogP contribution in [0.2, 0.25) is 0 Å². The minimum absolute atomic E-state index is 0.0378. The number of para-hydroxylation sites is 1. The first kappa shape index (κ1) is 12.3. The molecule has 0 aliphatic heterocycles. The van der Waals surface area contributed by atoms with Crippen molar-refractivity contribution in [3.8, 4) is 0 Å². The zero-order valence-corrected chi connectivity index (χ0v) is 9.72. The fourth-order valence-electron chi connectivity index (χ4n) is 1.59. The second kappa shape index (κ2) is 5.44. The fourth-order valence-corrected chi connectivity index (χ4v) is 1.59. The van der Waals surface area contributed by atoms with E-state index < -0.39 is 5.97 Å². The summed E-state index contributed by atoms with van der Waals surface area (Å²) in [5.41, 5.74) is 0.615. The van der Waals surface area contributed by atoms with Crippen LogP contribution in [0.25, 0.3) is 0 Å². The minimum atomic E-state index is -0.603. The van der Waals surface area contributed by atoms with Crippen molar-refractivity contribution >= 4 is 23.9 Å². The number of anilines is 1. The molecule has 0 unspecified atom stereocenters. The van der Waals surface area contributed by atoms with E-state index in [4.69, 9.17) is 4.74 Å². The number of esters is 1. The SMILES string of the molecule is O=CNc1ccccc1C(=O)OCC(=O)C1CC1. The van der Waals surface area contributed by atoms with Crippen LogP contribution >= 0.6 is 0 Å². The molecule has 0 aromatic heterocycles. The summed E-state index contributed by atoms with van der Waals surface area (Å²) in [6.07, 6.45) is 2.26. The number of amides is 1. The number of hydrogen-bond donors (Lipinski definition) is 1. The molecule has 1 N–H and O–H groups in total. The Balaban J connectivity index is 1.98. The average molecular weight is 247 g/mol. The van der Waals surface area contributed by atoms with Crippen LogP contribution in [0.15, 0.2) is 24.3 Å². The van der Waals surface area contributed by atoms with Gasteiger partial charge in [0.05, 0.1) is 11.3 Å². The first-order valence-electron chi connectivity index (χ1n) is 5.71. The van der Waals surface area contributed by atoms with Crippen LogP contribution in [-0.2, 0) is 14.3 Å². The average Bonchev–Trinajstić information content (AvgIpc) is 3.21. The summed E-state index contributed by atoms with van der Waals surface area (Å²) in [4.78, 5) is 33.6. The molecule has 1 aromatic carbocycles. The van der Waals surface area contributed by atoms with Crippen LogP contribution < -0.4 is 5.32 Å². The van der Waals surface area contributed by atoms with E-state index in [1.165, 1.54) is 6.07 Å². The Morgan fingerprint density at radius 2 is 2.06 bits per heavy atom. The molecular formula is C13H13NO4. The molecule has 1 aliphatic rings. The predicted molar refractivity (Wildman–Crippen MR) is 64.1 cm³/mol. The van der Waals surface area contributed by atoms with E-state index in [2.05, 4.69) is 5.32 Å². The van der Waals surface area contributed by atoms with Crippen molar-refractivity contribution in [2.24, 2.45) is 5.92 Å². The Bertz CT molecular complexity index is 480. The van der Waals surface area contributed by atoms with Gasteiger partial charge in [-0.25, -0.2) is 4.79 Å². The smallest absolute Gasteiger partial charge is 0.340 e. The molecule has 1 aromatic rings. The van der Waals surface area contributed by atoms with Crippen LogP contribution in [0.1, 0.15) is 23.2 Å². The number of Topliss-reactive ketones (excluding diaryl/α,β-unsaturated/α-hetero) is 1. The van der Waals surface area contributed by atoms with Gasteiger partial charge in [0.1, 0.15) is 0 Å². The number of benzene rings is 1. The van der Waals surface area contributed by atoms with Gasteiger partial charge in [0.15, 0.2) is 12.4 Å². The standard InChI is InChI=1S/C13H13NO4/c15-8-14-11-4-2-1-3-10(11)13(17)18-7-12(16)9-5-6-9/h1-4,8-9H,5-7H2,(H,14,15). The Kier molecular flexibility index (Phi) is 3.72. The second-order valence-electron chi connectivity index (χ2n) is 4.12. The fraction of sp³-hybridized carbons (Fsp3) is 0.308. The lowest BCUT2D eigenvalue weighted by Gasteiger charge is -2.07. The first-order valence-corrected chi connectivity index (χ1v) is 5.71. The van der Waals surface area contributed by atoms with E-state index in [1.54, 1.807) is 18.2 Å². The van der Waals surface area contributed by atoms with Gasteiger partial charge in [-0.1, -0.05) is 12.1 Å². The molecule has 94 valence electrons. The minimum Gasteiger partial charge on any atom is -0.454 e. The van der Waals surface area contributed by atoms with Crippen molar-refractivity contribution in [1.82, 2.24) is 0 Å². The van der Waals surface area contributed by atoms with Gasteiger partial charge in [-0.05, 0) is 25.0 Å². The second-order valence-corrected chi connectivity index (χ2v) is 4.12. The maximum absolute atomic E-state index is 11.8. The number of nitrogens with one attached hydrogen (secondary N) is 1. The van der Waals surface area contributed by atoms with Gasteiger partial charge >= 0.3 is 5.97 Å². The van der Waals surface area contributed by atoms with E-state index in [0.717, 1.165) is 12.8 Å². The summed E-state index contributed by atoms with van der Waals surface area (Å²) in [5.74, 6) is -0.570. The molecule has 18 heavy (non-hydrogen) atoms. The Hall–Kier alpha value is -2.17. The monoisotopic (exact) mass is 247 g/mol. The zero-order chi connectivity index (χ0) is 13.0. The van der Waals surface area contributed by atoms with Crippen molar-refractivity contribution in [2.75, 3.05) is 11.9 Å². The van der Waals surface area contributed by atoms with Gasteiger partial charge in [0.25, 0.3) is 0 Å². The predicted octanol–water partition coefficient (Wildman–Crippen LogP) is 1.39. The zero-order valence-electron chi connectivity index (χ0n) is 9.72. The number of carbonyl (C=O) groups is 3. The van der Waals surface area contributed by atoms with Crippen LogP contribution in [-0.4, -0.2) is 24.8 Å². The maximum Gasteiger partial charge on any atom is 0.340 e. The maximum atomic E-state index is 11.8. The molecule has 1 aliphatic carbocycles. The normalized spacial score (nSPS) is 13.8. The van der Waals surface area contributed by atoms with Crippen LogP contribution in [0.3, 0.4) is 0 Å². The molecule has 0 bridgehead atoms. The molecule has 5 nitrogen and oxygen atoms in total. The molecule has 0 saturated heterocycles. The largest absolute Gasteiger partial charge is 0.454 e. The highest BCUT2D eigenvalue weighted by atomic mass is 16.5. The van der Waals surface area contributed by atoms with E-state index >= 15 is 0 Å². The van der Waals surface area contributed by atoms with Gasteiger partial charge in [-0.3, -0.25) is 9.59 Å². The molecule has 1 amide bonds. The highest BCUT2D eigenvalue weighted by Gasteiger charge is 2.30. The lowest BCUT2D eigenvalue weighted by molar-refractivity contribution is -0.123. The topological polar surface area (TPSA) is 72.5 Å². The molecular weight excluding hydrogens is 234 g/mol. The van der Waals surface area contributed by atoms with Crippen molar-refractivity contribution in [2.45, 2.75) is 12.8 Å². The number of carbonyl (C=O) groups excluding carboxylic acids is 3. The Morgan fingerprint density at radius 3 is 2.72 bits per heavy atom. The molecule has 0 atom stereocenters. The first-order chi connectivity index (χ1) is 8.72. The van der Waals surface area contributed by atoms with Gasteiger partial charge in [0, 0.05) is 5.92 Å². The van der Waals surface area contributed by atoms with E-state index in [9.17, 15) is 14.4 Å². The van der Waals surface area contributed by atoms with E-state index in [0.29, 0.717) is 12.1 Å². The number of ketones is 1. The van der Waals surface area contributed by atoms with Crippen LogP contribution in [0, 0.1) is 5.92 Å². The third kappa shape index (κ3) is 2.94. The van der Waals surface area contributed by atoms with Crippen molar-refractivity contribution in [3.63, 3.8) is 0 Å². The number of rotatable bonds is 6. The Labute approximate surface area is 104 Å². The summed E-state index contributed by atoms with van der Waals surface area (Å²) in [7, 11) is 0. The van der Waals surface area contributed by atoms with Crippen molar-refractivity contribution < 1.29 is 19.1 Å². The molecule has 0 spiro atoms. The van der Waals surface area contributed by atoms with Crippen LogP contribution in [0.5, 0.6) is 0 Å². The van der Waals surface area contributed by atoms with Crippen molar-refractivity contribution in [3.05, 3.63) is 29.8 Å². The molecule has 2 rings (SSSR count). The summed E-state index contributed by atoms with van der Waals surface area (Å²) < 4.78 is 4.93. The number of ether oxygens (including phenoxy) is 1. The van der Waals surface area contributed by atoms with E-state index in [1.807, 2.05) is 0 Å². The third-order valence-corrected chi connectivity index (χ3v) is 2.74. The summed E-state index contributed by atoms with van der Waals surface area (Å²) in [6.45, 7) is -0.196. The van der Waals surface area contributed by atoms with Gasteiger partial charge in [0.2, 0.25) is 6.41 Å². The van der Waals surface area contributed by atoms with Gasteiger partial charge in [-0.15, -0.1) is 0 Å². The summed E-state index contributed by atoms with van der Waals surface area (Å²) in [5, 5.41) is 2.41. The molecule has 0 heterocycles. The molecule has 5 heteroatoms. The third-order valence-electron chi connectivity index (χ3n) is 2.74. The molecule has 1 saturated carbocycles. The highest BCUT2D eigenvalue weighted by molar-refractivity contribution is 5.99. The Morgan fingerprint density at radius 1 is 1.33 bits per heavy atom. The van der Waals surface area contributed by atoms with Crippen molar-refractivity contribution in [1.29, 1.82) is 0 Å². The summed E-state index contributed by atoms with van der Waals surface area (Å²) in [6, 6.07) is 6.48. The molecule has 0 radical (unpaired) electrons. The molecule has 1 fully saturated rings. The van der Waals surface area contributed by atoms with E-state index in [-0.39, 0.29) is 23.9 Å². The lowest BCUT2D eigenvalue weighted by Crippen LogP contribution is -2.16. The van der Waals surface area contributed by atoms with Gasteiger partial charge < -0.3 is 10.1 Å². The summed E-state index contributed by atoms with van der Waals surface area (Å²) >= 11 is 0. The van der Waals surface area contributed by atoms with Crippen LogP contribution in [0.4, 0.5) is 5.69 Å². The lowest BCUT2D eigenvalue weighted by atomic mass is 10.2. The highest BCUT2D eigenvalue weighted by Crippen LogP contribution is 2.29.